The summed E-state index contributed by atoms with van der Waals surface area (Å²) < 4.78 is 1.77. The Bertz CT molecular complexity index is 348. The highest BCUT2D eigenvalue weighted by Gasteiger charge is 2.12. The van der Waals surface area contributed by atoms with Crippen molar-refractivity contribution < 1.29 is 4.79 Å². The Kier molecular flexibility index (Phi) is 4.15. The zero-order chi connectivity index (χ0) is 11.4. The molecule has 1 amide bonds. The van der Waals surface area contributed by atoms with E-state index in [1.165, 1.54) is 0 Å². The van der Waals surface area contributed by atoms with Crippen LogP contribution < -0.4 is 0 Å². The molecule has 1 aromatic heterocycles. The Morgan fingerprint density at radius 1 is 1.60 bits per heavy atom. The molecule has 0 fully saturated rings. The van der Waals surface area contributed by atoms with E-state index < -0.39 is 0 Å². The van der Waals surface area contributed by atoms with E-state index in [4.69, 9.17) is 11.6 Å². The number of carbonyl (C=O) groups excluding carboxylic acids is 1. The van der Waals surface area contributed by atoms with Gasteiger partial charge in [0, 0.05) is 26.2 Å². The third kappa shape index (κ3) is 2.96. The Hall–Kier alpha value is -1.03. The molecule has 1 rings (SSSR count). The van der Waals surface area contributed by atoms with Crippen LogP contribution in [-0.4, -0.2) is 27.6 Å². The molecular formula is C10H16ClN3O. The second-order valence-electron chi connectivity index (χ2n) is 3.38. The number of hydrogen-bond donors (Lipinski definition) is 0. The maximum absolute atomic E-state index is 11.4. The zero-order valence-electron chi connectivity index (χ0n) is 9.33. The molecule has 1 heterocycles. The van der Waals surface area contributed by atoms with Crippen LogP contribution in [0.5, 0.6) is 0 Å². The Morgan fingerprint density at radius 3 is 2.73 bits per heavy atom. The van der Waals surface area contributed by atoms with Gasteiger partial charge in [-0.1, -0.05) is 18.5 Å². The molecule has 0 unspecified atom stereocenters. The van der Waals surface area contributed by atoms with Gasteiger partial charge in [-0.05, 0) is 6.92 Å². The fourth-order valence-electron chi connectivity index (χ4n) is 1.29. The molecule has 0 atom stereocenters. The molecule has 5 heteroatoms. The number of halogens is 1. The van der Waals surface area contributed by atoms with Gasteiger partial charge in [0.15, 0.2) is 0 Å². The van der Waals surface area contributed by atoms with Gasteiger partial charge in [0.05, 0.1) is 11.6 Å². The third-order valence-corrected chi connectivity index (χ3v) is 2.54. The first kappa shape index (κ1) is 12.0. The minimum Gasteiger partial charge on any atom is -0.340 e. The Labute approximate surface area is 94.8 Å². The van der Waals surface area contributed by atoms with Gasteiger partial charge in [-0.25, -0.2) is 0 Å². The lowest BCUT2D eigenvalue weighted by Crippen LogP contribution is -2.25. The summed E-state index contributed by atoms with van der Waals surface area (Å²) in [5.41, 5.74) is 0.753. The number of nitrogens with zero attached hydrogens (tertiary/aromatic N) is 3. The van der Waals surface area contributed by atoms with E-state index in [-0.39, 0.29) is 5.91 Å². The number of rotatable bonds is 4. The van der Waals surface area contributed by atoms with Crippen LogP contribution in [-0.2, 0) is 17.9 Å². The molecule has 0 N–H and O–H groups in total. The van der Waals surface area contributed by atoms with Gasteiger partial charge in [-0.15, -0.1) is 0 Å². The lowest BCUT2D eigenvalue weighted by Gasteiger charge is -2.14. The summed E-state index contributed by atoms with van der Waals surface area (Å²) in [4.78, 5) is 13.0. The standard InChI is InChI=1S/C10H16ClN3O/c1-4-10(15)13(3)7-9-8(11)6-14(5-2)12-9/h6H,4-5,7H2,1-3H3. The summed E-state index contributed by atoms with van der Waals surface area (Å²) >= 11 is 5.99. The molecule has 0 radical (unpaired) electrons. The summed E-state index contributed by atoms with van der Waals surface area (Å²) in [5, 5.41) is 4.89. The third-order valence-electron chi connectivity index (χ3n) is 2.23. The quantitative estimate of drug-likeness (QED) is 0.791. The van der Waals surface area contributed by atoms with Gasteiger partial charge in [0.25, 0.3) is 0 Å². The largest absolute Gasteiger partial charge is 0.340 e. The molecule has 0 aliphatic heterocycles. The topological polar surface area (TPSA) is 38.1 Å². The second kappa shape index (κ2) is 5.16. The molecule has 0 spiro atoms. The lowest BCUT2D eigenvalue weighted by molar-refractivity contribution is -0.130. The van der Waals surface area contributed by atoms with Crippen LogP contribution in [0.15, 0.2) is 6.20 Å². The van der Waals surface area contributed by atoms with Crippen LogP contribution >= 0.6 is 11.6 Å². The van der Waals surface area contributed by atoms with Crippen molar-refractivity contribution >= 4 is 17.5 Å². The molecule has 4 nitrogen and oxygen atoms in total. The zero-order valence-corrected chi connectivity index (χ0v) is 10.1. The summed E-state index contributed by atoms with van der Waals surface area (Å²) in [6, 6.07) is 0. The van der Waals surface area contributed by atoms with Crippen LogP contribution in [0, 0.1) is 0 Å². The molecule has 84 valence electrons. The predicted octanol–water partition coefficient (Wildman–Crippen LogP) is 1.92. The van der Waals surface area contributed by atoms with E-state index in [1.807, 2.05) is 13.8 Å². The van der Waals surface area contributed by atoms with Crippen LogP contribution in [0.2, 0.25) is 5.02 Å². The molecule has 15 heavy (non-hydrogen) atoms. The molecule has 0 saturated carbocycles. The molecule has 1 aromatic rings. The van der Waals surface area contributed by atoms with Crippen molar-refractivity contribution in [2.75, 3.05) is 7.05 Å². The Morgan fingerprint density at radius 2 is 2.27 bits per heavy atom. The first-order valence-corrected chi connectivity index (χ1v) is 5.42. The number of hydrogen-bond acceptors (Lipinski definition) is 2. The predicted molar refractivity (Wildman–Crippen MR) is 59.7 cm³/mol. The van der Waals surface area contributed by atoms with Crippen molar-refractivity contribution in [1.82, 2.24) is 14.7 Å². The maximum Gasteiger partial charge on any atom is 0.222 e. The van der Waals surface area contributed by atoms with Gasteiger partial charge in [0.2, 0.25) is 5.91 Å². The molecule has 0 aliphatic rings. The minimum absolute atomic E-state index is 0.0946. The van der Waals surface area contributed by atoms with E-state index in [1.54, 1.807) is 22.8 Å². The van der Waals surface area contributed by atoms with Gasteiger partial charge in [-0.3, -0.25) is 9.48 Å². The van der Waals surface area contributed by atoms with Gasteiger partial charge < -0.3 is 4.90 Å². The SMILES string of the molecule is CCC(=O)N(C)Cc1nn(CC)cc1Cl. The van der Waals surface area contributed by atoms with Crippen LogP contribution in [0.4, 0.5) is 0 Å². The molecule has 0 aliphatic carbocycles. The van der Waals surface area contributed by atoms with E-state index >= 15 is 0 Å². The highest BCUT2D eigenvalue weighted by Crippen LogP contribution is 2.15. The van der Waals surface area contributed by atoms with Crippen LogP contribution in [0.1, 0.15) is 26.0 Å². The fraction of sp³-hybridized carbons (Fsp3) is 0.600. The van der Waals surface area contributed by atoms with Crippen molar-refractivity contribution in [3.63, 3.8) is 0 Å². The number of aromatic nitrogens is 2. The van der Waals surface area contributed by atoms with Crippen molar-refractivity contribution in [3.05, 3.63) is 16.9 Å². The van der Waals surface area contributed by atoms with Crippen LogP contribution in [0.25, 0.3) is 0 Å². The molecular weight excluding hydrogens is 214 g/mol. The summed E-state index contributed by atoms with van der Waals surface area (Å²) in [6.45, 7) is 5.09. The average molecular weight is 230 g/mol. The monoisotopic (exact) mass is 229 g/mol. The van der Waals surface area contributed by atoms with E-state index in [0.29, 0.717) is 18.0 Å². The number of amides is 1. The summed E-state index contributed by atoms with van der Waals surface area (Å²) in [5.74, 6) is 0.0946. The maximum atomic E-state index is 11.4. The number of carbonyl (C=O) groups is 1. The second-order valence-corrected chi connectivity index (χ2v) is 3.79. The highest BCUT2D eigenvalue weighted by molar-refractivity contribution is 6.31. The van der Waals surface area contributed by atoms with Crippen molar-refractivity contribution in [1.29, 1.82) is 0 Å². The fourth-order valence-corrected chi connectivity index (χ4v) is 1.50. The van der Waals surface area contributed by atoms with E-state index in [9.17, 15) is 4.79 Å². The molecule has 0 aromatic carbocycles. The Balaban J connectivity index is 2.71. The first-order valence-electron chi connectivity index (χ1n) is 5.04. The molecule has 0 bridgehead atoms. The smallest absolute Gasteiger partial charge is 0.222 e. The highest BCUT2D eigenvalue weighted by atomic mass is 35.5. The molecule has 0 saturated heterocycles. The summed E-state index contributed by atoms with van der Waals surface area (Å²) in [6.07, 6.45) is 2.28. The van der Waals surface area contributed by atoms with E-state index in [2.05, 4.69) is 5.10 Å². The van der Waals surface area contributed by atoms with Gasteiger partial charge in [0.1, 0.15) is 5.69 Å². The van der Waals surface area contributed by atoms with Crippen molar-refractivity contribution in [3.8, 4) is 0 Å². The minimum atomic E-state index is 0.0946. The van der Waals surface area contributed by atoms with E-state index in [0.717, 1.165) is 12.2 Å². The van der Waals surface area contributed by atoms with Crippen molar-refractivity contribution in [2.24, 2.45) is 0 Å². The lowest BCUT2D eigenvalue weighted by atomic mass is 10.3. The van der Waals surface area contributed by atoms with Crippen LogP contribution in [0.3, 0.4) is 0 Å². The van der Waals surface area contributed by atoms with Crippen molar-refractivity contribution in [2.45, 2.75) is 33.4 Å². The average Bonchev–Trinajstić information content (AvgIpc) is 2.58. The first-order chi connectivity index (χ1) is 7.08. The number of aryl methyl sites for hydroxylation is 1. The van der Waals surface area contributed by atoms with Gasteiger partial charge >= 0.3 is 0 Å². The normalized spacial score (nSPS) is 10.4. The summed E-state index contributed by atoms with van der Waals surface area (Å²) in [7, 11) is 1.76. The van der Waals surface area contributed by atoms with Gasteiger partial charge in [-0.2, -0.15) is 5.10 Å².